The van der Waals surface area contributed by atoms with Crippen molar-refractivity contribution < 1.29 is 43.9 Å². The van der Waals surface area contributed by atoms with Gasteiger partial charge in [-0.2, -0.15) is 0 Å². The maximum atomic E-state index is 9.64. The summed E-state index contributed by atoms with van der Waals surface area (Å²) in [7, 11) is 0. The number of allylic oxidation sites excluding steroid dienone is 1. The molecule has 9 heavy (non-hydrogen) atoms. The standard InChI is InChI=1S/C4H8O3S.Na.H/c1-4(2)3-7-8(5)6;;/h3H,1-2H3,(H,5,6);;/q;+1;-1/p-1. The van der Waals surface area contributed by atoms with Crippen LogP contribution in [0.3, 0.4) is 0 Å². The van der Waals surface area contributed by atoms with E-state index in [0.717, 1.165) is 5.57 Å². The second-order valence-corrected chi connectivity index (χ2v) is 2.10. The molecule has 0 heterocycles. The number of hydrogen-bond donors (Lipinski definition) is 0. The Morgan fingerprint density at radius 1 is 1.78 bits per heavy atom. The summed E-state index contributed by atoms with van der Waals surface area (Å²) in [6.07, 6.45) is 1.17. The molecule has 5 heteroatoms. The van der Waals surface area contributed by atoms with Crippen molar-refractivity contribution in [2.45, 2.75) is 13.8 Å². The average Bonchev–Trinajstić information content (AvgIpc) is 1.61. The Kier molecular flexibility index (Phi) is 9.27. The molecule has 0 aliphatic rings. The molecule has 0 aliphatic carbocycles. The van der Waals surface area contributed by atoms with Crippen molar-refractivity contribution in [2.75, 3.05) is 0 Å². The molecule has 0 spiro atoms. The fourth-order valence-corrected chi connectivity index (χ4v) is 0.407. The van der Waals surface area contributed by atoms with E-state index in [4.69, 9.17) is 0 Å². The molecule has 0 fully saturated rings. The van der Waals surface area contributed by atoms with E-state index in [1.54, 1.807) is 13.8 Å². The Labute approximate surface area is 80.7 Å². The van der Waals surface area contributed by atoms with E-state index in [-0.39, 0.29) is 31.0 Å². The van der Waals surface area contributed by atoms with Crippen molar-refractivity contribution in [1.29, 1.82) is 0 Å². The molecule has 0 aromatic carbocycles. The minimum absolute atomic E-state index is 0. The molecule has 0 aliphatic heterocycles. The molecular weight excluding hydrogens is 151 g/mol. The van der Waals surface area contributed by atoms with Crippen LogP contribution in [0.25, 0.3) is 0 Å². The van der Waals surface area contributed by atoms with Crippen LogP contribution in [0.1, 0.15) is 15.3 Å². The molecule has 1 atom stereocenters. The topological polar surface area (TPSA) is 49.4 Å². The summed E-state index contributed by atoms with van der Waals surface area (Å²) >= 11 is -2.41. The van der Waals surface area contributed by atoms with Crippen molar-refractivity contribution >= 4 is 11.4 Å². The quantitative estimate of drug-likeness (QED) is 0.262. The van der Waals surface area contributed by atoms with Crippen molar-refractivity contribution in [3.05, 3.63) is 11.8 Å². The predicted octanol–water partition coefficient (Wildman–Crippen LogP) is -2.16. The maximum Gasteiger partial charge on any atom is 1.00 e. The largest absolute Gasteiger partial charge is 1.00 e. The average molecular weight is 159 g/mol. The van der Waals surface area contributed by atoms with E-state index in [1.807, 2.05) is 0 Å². The van der Waals surface area contributed by atoms with Crippen LogP contribution < -0.4 is 29.6 Å². The molecule has 0 bridgehead atoms. The van der Waals surface area contributed by atoms with Gasteiger partial charge in [0.2, 0.25) is 0 Å². The Hall–Kier alpha value is 0.650. The van der Waals surface area contributed by atoms with Gasteiger partial charge in [-0.3, -0.25) is 0 Å². The van der Waals surface area contributed by atoms with Crippen molar-refractivity contribution in [3.8, 4) is 0 Å². The molecule has 0 saturated carbocycles. The zero-order valence-electron chi connectivity index (χ0n) is 6.71. The van der Waals surface area contributed by atoms with Gasteiger partial charge in [0.05, 0.1) is 0 Å². The second-order valence-electron chi connectivity index (χ2n) is 1.50. The third-order valence-corrected chi connectivity index (χ3v) is 0.616. The van der Waals surface area contributed by atoms with Crippen LogP contribution in [0.4, 0.5) is 0 Å². The van der Waals surface area contributed by atoms with E-state index < -0.39 is 11.4 Å². The van der Waals surface area contributed by atoms with Crippen molar-refractivity contribution in [2.24, 2.45) is 0 Å². The fourth-order valence-electron chi connectivity index (χ4n) is 0.136. The summed E-state index contributed by atoms with van der Waals surface area (Å²) in [5.74, 6) is 0. The van der Waals surface area contributed by atoms with E-state index in [2.05, 4.69) is 4.18 Å². The SMILES string of the molecule is CC(C)=COS(=O)[O-].[H-].[Na+]. The predicted molar refractivity (Wildman–Crippen MR) is 30.5 cm³/mol. The molecule has 3 nitrogen and oxygen atoms in total. The summed E-state index contributed by atoms with van der Waals surface area (Å²) in [5.41, 5.74) is 0.814. The molecule has 0 rings (SSSR count). The maximum absolute atomic E-state index is 9.64. The van der Waals surface area contributed by atoms with E-state index in [1.165, 1.54) is 6.26 Å². The van der Waals surface area contributed by atoms with Crippen LogP contribution in [0.15, 0.2) is 11.8 Å². The molecule has 0 aromatic heterocycles. The summed E-state index contributed by atoms with van der Waals surface area (Å²) in [6, 6.07) is 0. The zero-order chi connectivity index (χ0) is 6.57. The molecule has 1 unspecified atom stereocenters. The Bertz CT molecular complexity index is 124. The van der Waals surface area contributed by atoms with Gasteiger partial charge in [0.25, 0.3) is 0 Å². The molecule has 0 N–H and O–H groups in total. The molecule has 0 amide bonds. The Morgan fingerprint density at radius 2 is 2.22 bits per heavy atom. The second kappa shape index (κ2) is 6.77. The number of rotatable bonds is 2. The zero-order valence-corrected chi connectivity index (χ0v) is 8.53. The van der Waals surface area contributed by atoms with Gasteiger partial charge in [-0.25, -0.2) is 4.21 Å². The van der Waals surface area contributed by atoms with Crippen LogP contribution >= 0.6 is 0 Å². The first-order valence-corrected chi connectivity index (χ1v) is 3.02. The first-order valence-electron chi connectivity index (χ1n) is 2.02. The van der Waals surface area contributed by atoms with Crippen LogP contribution in [0.5, 0.6) is 0 Å². The van der Waals surface area contributed by atoms with E-state index in [9.17, 15) is 8.76 Å². The smallest absolute Gasteiger partial charge is 1.00 e. The summed E-state index contributed by atoms with van der Waals surface area (Å²) < 4.78 is 23.3. The Morgan fingerprint density at radius 3 is 2.33 bits per heavy atom. The van der Waals surface area contributed by atoms with Crippen molar-refractivity contribution in [3.63, 3.8) is 0 Å². The molecule has 50 valence electrons. The van der Waals surface area contributed by atoms with Gasteiger partial charge in [0.15, 0.2) is 0 Å². The summed E-state index contributed by atoms with van der Waals surface area (Å²) in [5, 5.41) is 0. The van der Waals surface area contributed by atoms with Gasteiger partial charge in [-0.1, -0.05) is 0 Å². The van der Waals surface area contributed by atoms with Gasteiger partial charge in [-0.05, 0) is 19.4 Å². The van der Waals surface area contributed by atoms with Crippen LogP contribution in [0, 0.1) is 0 Å². The first kappa shape index (κ1) is 12.3. The first-order chi connectivity index (χ1) is 3.63. The molecule has 0 aromatic rings. The van der Waals surface area contributed by atoms with Crippen LogP contribution in [0.2, 0.25) is 0 Å². The minimum Gasteiger partial charge on any atom is -1.00 e. The van der Waals surface area contributed by atoms with Gasteiger partial charge < -0.3 is 10.2 Å². The summed E-state index contributed by atoms with van der Waals surface area (Å²) in [6.45, 7) is 3.49. The fraction of sp³-hybridized carbons (Fsp3) is 0.500. The summed E-state index contributed by atoms with van der Waals surface area (Å²) in [4.78, 5) is 0. The number of hydrogen-bond acceptors (Lipinski definition) is 3. The van der Waals surface area contributed by atoms with Crippen LogP contribution in [-0.4, -0.2) is 8.76 Å². The van der Waals surface area contributed by atoms with E-state index >= 15 is 0 Å². The molecular formula is C4H8NaO3S-. The molecule has 0 radical (unpaired) electrons. The van der Waals surface area contributed by atoms with Gasteiger partial charge in [0.1, 0.15) is 17.6 Å². The third-order valence-electron chi connectivity index (χ3n) is 0.362. The van der Waals surface area contributed by atoms with Crippen molar-refractivity contribution in [1.82, 2.24) is 0 Å². The van der Waals surface area contributed by atoms with E-state index in [0.29, 0.717) is 0 Å². The minimum atomic E-state index is -2.41. The van der Waals surface area contributed by atoms with Gasteiger partial charge in [0, 0.05) is 0 Å². The van der Waals surface area contributed by atoms with Crippen LogP contribution in [-0.2, 0) is 15.5 Å². The van der Waals surface area contributed by atoms with Gasteiger partial charge >= 0.3 is 29.6 Å². The Balaban J connectivity index is -0.000000245. The van der Waals surface area contributed by atoms with Gasteiger partial charge in [-0.15, -0.1) is 0 Å². The monoisotopic (exact) mass is 159 g/mol. The normalized spacial score (nSPS) is 11.0. The third kappa shape index (κ3) is 12.0. The molecule has 0 saturated heterocycles.